The van der Waals surface area contributed by atoms with Crippen molar-refractivity contribution in [3.05, 3.63) is 91.0 Å². The van der Waals surface area contributed by atoms with Gasteiger partial charge in [0.2, 0.25) is 0 Å². The average Bonchev–Trinajstić information content (AvgIpc) is 3.10. The normalized spacial score (nSPS) is 11.3. The molecule has 0 amide bonds. The van der Waals surface area contributed by atoms with Crippen molar-refractivity contribution in [2.75, 3.05) is 13.2 Å². The van der Waals surface area contributed by atoms with Crippen LogP contribution in [0, 0.1) is 0 Å². The molecule has 3 aromatic rings. The molecular weight excluding hydrogens is 611 g/mol. The van der Waals surface area contributed by atoms with E-state index in [0.29, 0.717) is 23.7 Å². The number of hydrogen-bond acceptors (Lipinski definition) is 7. The Bertz CT molecular complexity index is 1020. The molecule has 1 atom stereocenters. The third kappa shape index (κ3) is 22.1. The number of rotatable bonds is 25. The molecule has 3 aromatic carbocycles. The molecular formula is C39H57O7P. The number of unbranched alkanes of at least 4 members (excludes halogenated alkanes) is 14. The van der Waals surface area contributed by atoms with Gasteiger partial charge in [-0.1, -0.05) is 151 Å². The van der Waals surface area contributed by atoms with Gasteiger partial charge in [0.15, 0.2) is 0 Å². The maximum Gasteiger partial charge on any atom is 0.530 e. The minimum Gasteiger partial charge on any atom is -0.463 e. The first-order chi connectivity index (χ1) is 23.1. The van der Waals surface area contributed by atoms with E-state index >= 15 is 0 Å². The summed E-state index contributed by atoms with van der Waals surface area (Å²) in [5.74, 6) is 1.85. The fourth-order valence-electron chi connectivity index (χ4n) is 4.71. The first-order valence-electron chi connectivity index (χ1n) is 17.5. The second kappa shape index (κ2) is 27.9. The van der Waals surface area contributed by atoms with Gasteiger partial charge >= 0.3 is 14.6 Å². The van der Waals surface area contributed by atoms with Crippen LogP contribution >= 0.6 is 8.60 Å². The van der Waals surface area contributed by atoms with Crippen molar-refractivity contribution in [2.45, 2.75) is 116 Å². The van der Waals surface area contributed by atoms with Crippen LogP contribution in [0.2, 0.25) is 0 Å². The van der Waals surface area contributed by atoms with Crippen LogP contribution in [0.4, 0.5) is 0 Å². The number of benzene rings is 3. The first kappa shape index (κ1) is 40.1. The smallest absolute Gasteiger partial charge is 0.463 e. The van der Waals surface area contributed by atoms with E-state index in [2.05, 4.69) is 6.92 Å². The number of carbonyl (C=O) groups excluding carboxylic acids is 1. The number of ether oxygens (including phenoxy) is 1. The van der Waals surface area contributed by atoms with Crippen LogP contribution in [0.25, 0.3) is 0 Å². The van der Waals surface area contributed by atoms with Crippen LogP contribution in [0.5, 0.6) is 17.2 Å². The molecule has 0 saturated heterocycles. The molecule has 1 unspecified atom stereocenters. The molecule has 0 aliphatic rings. The lowest BCUT2D eigenvalue weighted by molar-refractivity contribution is -0.147. The molecule has 7 nitrogen and oxygen atoms in total. The quantitative estimate of drug-likeness (QED) is 0.0527. The molecule has 260 valence electrons. The van der Waals surface area contributed by atoms with Crippen LogP contribution in [0.1, 0.15) is 110 Å². The van der Waals surface area contributed by atoms with Crippen LogP contribution in [-0.2, 0) is 9.53 Å². The van der Waals surface area contributed by atoms with Gasteiger partial charge in [0.1, 0.15) is 30.0 Å². The highest BCUT2D eigenvalue weighted by molar-refractivity contribution is 7.43. The van der Waals surface area contributed by atoms with Gasteiger partial charge in [-0.25, -0.2) is 0 Å². The summed E-state index contributed by atoms with van der Waals surface area (Å²) >= 11 is 0. The lowest BCUT2D eigenvalue weighted by Crippen LogP contribution is -2.21. The molecule has 0 aromatic heterocycles. The summed E-state index contributed by atoms with van der Waals surface area (Å²) in [4.78, 5) is 11.4. The van der Waals surface area contributed by atoms with E-state index in [-0.39, 0.29) is 19.2 Å². The molecule has 0 saturated carbocycles. The standard InChI is InChI=1S/C21H42O4.C18H15O3P/c1-2-3-4-5-6-7-8-9-10-11-12-13-14-15-16-17-21(24)25-19-20(23)18-22;1-4-10-16(11-5-1)19-22(20-17-12-6-2-7-13-17)21-18-14-8-3-9-15-18/h20,22-23H,2-19H2,1H3;1-15H. The predicted molar refractivity (Wildman–Crippen MR) is 192 cm³/mol. The first-order valence-corrected chi connectivity index (χ1v) is 18.6. The number of para-hydroxylation sites is 3. The third-order valence-corrected chi connectivity index (χ3v) is 8.48. The van der Waals surface area contributed by atoms with Gasteiger partial charge in [-0.15, -0.1) is 0 Å². The van der Waals surface area contributed by atoms with E-state index in [1.165, 1.54) is 83.5 Å². The lowest BCUT2D eigenvalue weighted by atomic mass is 10.0. The molecule has 0 aliphatic heterocycles. The van der Waals surface area contributed by atoms with E-state index in [9.17, 15) is 4.79 Å². The largest absolute Gasteiger partial charge is 0.530 e. The summed E-state index contributed by atoms with van der Waals surface area (Å²) in [6.07, 6.45) is 19.0. The van der Waals surface area contributed by atoms with Crippen molar-refractivity contribution < 1.29 is 33.3 Å². The molecule has 0 aliphatic carbocycles. The van der Waals surface area contributed by atoms with E-state index in [0.717, 1.165) is 12.8 Å². The Kier molecular flexibility index (Phi) is 23.8. The summed E-state index contributed by atoms with van der Waals surface area (Å²) in [5.41, 5.74) is 0. The van der Waals surface area contributed by atoms with Gasteiger partial charge in [0, 0.05) is 6.42 Å². The van der Waals surface area contributed by atoms with Crippen molar-refractivity contribution in [3.63, 3.8) is 0 Å². The molecule has 0 fully saturated rings. The third-order valence-electron chi connectivity index (χ3n) is 7.40. The molecule has 0 spiro atoms. The van der Waals surface area contributed by atoms with Gasteiger partial charge in [0.05, 0.1) is 6.61 Å². The summed E-state index contributed by atoms with van der Waals surface area (Å²) in [7, 11) is -1.59. The van der Waals surface area contributed by atoms with Gasteiger partial charge < -0.3 is 28.5 Å². The number of aliphatic hydroxyl groups is 2. The molecule has 0 heterocycles. The summed E-state index contributed by atoms with van der Waals surface area (Å²) in [6.45, 7) is 1.79. The van der Waals surface area contributed by atoms with Gasteiger partial charge in [-0.3, -0.25) is 4.79 Å². The SMILES string of the molecule is CCCCCCCCCCCCCCCCCC(=O)OCC(O)CO.c1ccc(OP(Oc2ccccc2)Oc2ccccc2)cc1. The van der Waals surface area contributed by atoms with Gasteiger partial charge in [0.25, 0.3) is 0 Å². The Labute approximate surface area is 284 Å². The minimum atomic E-state index is -1.59. The molecule has 0 bridgehead atoms. The summed E-state index contributed by atoms with van der Waals surface area (Å²) in [6, 6.07) is 28.5. The number of esters is 1. The van der Waals surface area contributed by atoms with E-state index in [1.807, 2.05) is 91.0 Å². The zero-order valence-corrected chi connectivity index (χ0v) is 29.2. The second-order valence-electron chi connectivity index (χ2n) is 11.7. The maximum atomic E-state index is 11.4. The van der Waals surface area contributed by atoms with Crippen molar-refractivity contribution in [1.29, 1.82) is 0 Å². The number of aliphatic hydroxyl groups excluding tert-OH is 2. The highest BCUT2D eigenvalue weighted by Crippen LogP contribution is 2.42. The van der Waals surface area contributed by atoms with E-state index < -0.39 is 14.7 Å². The fraction of sp³-hybridized carbons (Fsp3) is 0.513. The van der Waals surface area contributed by atoms with Crippen LogP contribution in [0.3, 0.4) is 0 Å². The second-order valence-corrected chi connectivity index (χ2v) is 12.7. The minimum absolute atomic E-state index is 0.103. The molecule has 47 heavy (non-hydrogen) atoms. The predicted octanol–water partition coefficient (Wildman–Crippen LogP) is 10.6. The topological polar surface area (TPSA) is 94.5 Å². The van der Waals surface area contributed by atoms with E-state index in [4.69, 9.17) is 28.5 Å². The lowest BCUT2D eigenvalue weighted by Gasteiger charge is -2.17. The Balaban J connectivity index is 0.000000328. The molecule has 8 heteroatoms. The van der Waals surface area contributed by atoms with Crippen LogP contribution in [0.15, 0.2) is 91.0 Å². The monoisotopic (exact) mass is 668 g/mol. The Hall–Kier alpha value is -3.12. The van der Waals surface area contributed by atoms with Gasteiger partial charge in [-0.2, -0.15) is 0 Å². The Morgan fingerprint density at radius 1 is 0.574 bits per heavy atom. The summed E-state index contributed by atoms with van der Waals surface area (Å²) in [5, 5.41) is 17.7. The highest BCUT2D eigenvalue weighted by Gasteiger charge is 2.19. The average molecular weight is 669 g/mol. The van der Waals surface area contributed by atoms with Crippen molar-refractivity contribution in [1.82, 2.24) is 0 Å². The number of hydrogen-bond donors (Lipinski definition) is 2. The number of carbonyl (C=O) groups is 1. The Morgan fingerprint density at radius 2 is 0.915 bits per heavy atom. The van der Waals surface area contributed by atoms with Crippen molar-refractivity contribution in [2.24, 2.45) is 0 Å². The van der Waals surface area contributed by atoms with E-state index in [1.54, 1.807) is 0 Å². The molecule has 2 N–H and O–H groups in total. The zero-order valence-electron chi connectivity index (χ0n) is 28.3. The Morgan fingerprint density at radius 3 is 1.26 bits per heavy atom. The summed E-state index contributed by atoms with van der Waals surface area (Å²) < 4.78 is 22.4. The van der Waals surface area contributed by atoms with Crippen molar-refractivity contribution >= 4 is 14.6 Å². The molecule has 0 radical (unpaired) electrons. The van der Waals surface area contributed by atoms with Crippen molar-refractivity contribution in [3.8, 4) is 17.2 Å². The van der Waals surface area contributed by atoms with Crippen LogP contribution < -0.4 is 13.6 Å². The van der Waals surface area contributed by atoms with Crippen LogP contribution in [-0.4, -0.2) is 35.5 Å². The van der Waals surface area contributed by atoms with Gasteiger partial charge in [-0.05, 0) is 42.8 Å². The maximum absolute atomic E-state index is 11.4. The fourth-order valence-corrected chi connectivity index (χ4v) is 5.71. The molecule has 3 rings (SSSR count). The zero-order chi connectivity index (χ0) is 33.6. The highest BCUT2D eigenvalue weighted by atomic mass is 31.2.